The van der Waals surface area contributed by atoms with Crippen molar-refractivity contribution >= 4 is 34.2 Å². The first-order valence-electron chi connectivity index (χ1n) is 9.37. The van der Waals surface area contributed by atoms with Gasteiger partial charge in [0, 0.05) is 16.5 Å². The molecule has 0 saturated heterocycles. The van der Waals surface area contributed by atoms with Crippen molar-refractivity contribution in [3.8, 4) is 0 Å². The van der Waals surface area contributed by atoms with Crippen LogP contribution in [0.1, 0.15) is 22.0 Å². The van der Waals surface area contributed by atoms with E-state index >= 15 is 0 Å². The summed E-state index contributed by atoms with van der Waals surface area (Å²) in [7, 11) is 0. The summed E-state index contributed by atoms with van der Waals surface area (Å²) in [6.45, 7) is 2.17. The zero-order valence-electron chi connectivity index (χ0n) is 16.3. The van der Waals surface area contributed by atoms with Crippen LogP contribution in [0.25, 0.3) is 10.8 Å². The third-order valence-corrected chi connectivity index (χ3v) is 5.38. The summed E-state index contributed by atoms with van der Waals surface area (Å²) in [6, 6.07) is 16.7. The van der Waals surface area contributed by atoms with Crippen LogP contribution >= 0.6 is 11.3 Å². The highest BCUT2D eigenvalue weighted by molar-refractivity contribution is 7.09. The zero-order valence-corrected chi connectivity index (χ0v) is 17.1. The number of hydrogen-bond acceptors (Lipinski definition) is 6. The van der Waals surface area contributed by atoms with Crippen molar-refractivity contribution in [1.82, 2.24) is 20.2 Å². The summed E-state index contributed by atoms with van der Waals surface area (Å²) in [5.74, 6) is -0.310. The fraction of sp³-hybridized carbons (Fsp3) is 0.136. The minimum atomic E-state index is -0.310. The second-order valence-corrected chi connectivity index (χ2v) is 7.66. The Morgan fingerprint density at radius 3 is 2.60 bits per heavy atom. The van der Waals surface area contributed by atoms with Crippen molar-refractivity contribution in [3.63, 3.8) is 0 Å². The van der Waals surface area contributed by atoms with Crippen molar-refractivity contribution in [2.45, 2.75) is 19.9 Å². The molecule has 0 spiro atoms. The van der Waals surface area contributed by atoms with E-state index in [1.165, 1.54) is 16.0 Å². The van der Waals surface area contributed by atoms with Crippen LogP contribution in [-0.2, 0) is 17.8 Å². The molecule has 0 atom stereocenters. The number of nitrogens with one attached hydrogen (secondary N) is 1. The Hall–Kier alpha value is -3.65. The fourth-order valence-electron chi connectivity index (χ4n) is 3.06. The van der Waals surface area contributed by atoms with Gasteiger partial charge in [-0.25, -0.2) is 15.1 Å². The number of nitrogens with zero attached hydrogens (tertiary/aromatic N) is 4. The van der Waals surface area contributed by atoms with Crippen LogP contribution < -0.4 is 11.0 Å². The van der Waals surface area contributed by atoms with Gasteiger partial charge in [-0.15, -0.1) is 11.3 Å². The maximum absolute atomic E-state index is 12.9. The molecule has 150 valence electrons. The molecule has 2 aromatic heterocycles. The van der Waals surface area contributed by atoms with Crippen molar-refractivity contribution in [2.75, 3.05) is 0 Å². The third kappa shape index (κ3) is 4.49. The largest absolute Gasteiger partial charge is 0.275 e. The number of rotatable bonds is 6. The second kappa shape index (κ2) is 8.79. The normalized spacial score (nSPS) is 11.2. The van der Waals surface area contributed by atoms with E-state index < -0.39 is 0 Å². The van der Waals surface area contributed by atoms with Crippen LogP contribution in [0.3, 0.4) is 0 Å². The van der Waals surface area contributed by atoms with Gasteiger partial charge in [-0.1, -0.05) is 48.5 Å². The molecule has 0 aliphatic heterocycles. The van der Waals surface area contributed by atoms with E-state index in [4.69, 9.17) is 0 Å². The molecule has 1 amide bonds. The number of carbonyl (C=O) groups is 1. The third-order valence-electron chi connectivity index (χ3n) is 4.43. The summed E-state index contributed by atoms with van der Waals surface area (Å²) < 4.78 is 1.37. The topological polar surface area (TPSA) is 89.2 Å². The van der Waals surface area contributed by atoms with Gasteiger partial charge >= 0.3 is 0 Å². The van der Waals surface area contributed by atoms with Crippen molar-refractivity contribution in [1.29, 1.82) is 0 Å². The number of carbonyl (C=O) groups excluding carboxylic acids is 1. The molecule has 0 bridgehead atoms. The number of benzene rings is 2. The van der Waals surface area contributed by atoms with Gasteiger partial charge in [-0.2, -0.15) is 10.2 Å². The fourth-order valence-corrected chi connectivity index (χ4v) is 3.81. The molecule has 2 heterocycles. The molecule has 0 saturated carbocycles. The van der Waals surface area contributed by atoms with E-state index in [1.807, 2.05) is 48.7 Å². The molecule has 0 unspecified atom stereocenters. The van der Waals surface area contributed by atoms with Crippen LogP contribution in [0.4, 0.5) is 0 Å². The maximum Gasteiger partial charge on any atom is 0.275 e. The lowest BCUT2D eigenvalue weighted by atomic mass is 10.1. The summed E-state index contributed by atoms with van der Waals surface area (Å²) in [4.78, 5) is 29.7. The van der Waals surface area contributed by atoms with E-state index in [2.05, 4.69) is 20.6 Å². The van der Waals surface area contributed by atoms with Crippen molar-refractivity contribution in [2.24, 2.45) is 5.10 Å². The van der Waals surface area contributed by atoms with Crippen LogP contribution in [0.2, 0.25) is 0 Å². The van der Waals surface area contributed by atoms with Crippen LogP contribution in [0.5, 0.6) is 0 Å². The molecule has 0 radical (unpaired) electrons. The van der Waals surface area contributed by atoms with Gasteiger partial charge < -0.3 is 0 Å². The molecular weight excluding hydrogens is 398 g/mol. The first-order chi connectivity index (χ1) is 14.6. The molecule has 4 aromatic rings. The second-order valence-electron chi connectivity index (χ2n) is 6.72. The highest BCUT2D eigenvalue weighted by Crippen LogP contribution is 2.15. The van der Waals surface area contributed by atoms with E-state index in [-0.39, 0.29) is 24.4 Å². The quantitative estimate of drug-likeness (QED) is 0.386. The Morgan fingerprint density at radius 1 is 1.13 bits per heavy atom. The Bertz CT molecular complexity index is 1280. The van der Waals surface area contributed by atoms with Gasteiger partial charge in [0.25, 0.3) is 5.56 Å². The smallest absolute Gasteiger partial charge is 0.273 e. The van der Waals surface area contributed by atoms with Crippen molar-refractivity contribution in [3.05, 3.63) is 92.3 Å². The molecule has 0 aliphatic rings. The van der Waals surface area contributed by atoms with Gasteiger partial charge in [-0.3, -0.25) is 9.59 Å². The molecule has 1 N–H and O–H groups in total. The lowest BCUT2D eigenvalue weighted by molar-refractivity contribution is -0.120. The van der Waals surface area contributed by atoms with Crippen LogP contribution in [0.15, 0.2) is 69.9 Å². The van der Waals surface area contributed by atoms with Crippen LogP contribution in [0, 0.1) is 6.92 Å². The number of hydrazone groups is 1. The number of hydrogen-bond donors (Lipinski definition) is 1. The lowest BCUT2D eigenvalue weighted by Crippen LogP contribution is -2.27. The SMILES string of the molecule is Cc1csc(Cn2nc(CC(=O)N/N=C/c3ccccc3)c3ccccc3c2=O)n1. The summed E-state index contributed by atoms with van der Waals surface area (Å²) in [5.41, 5.74) is 4.63. The molecule has 8 heteroatoms. The minimum Gasteiger partial charge on any atom is -0.273 e. The van der Waals surface area contributed by atoms with Gasteiger partial charge in [0.1, 0.15) is 5.01 Å². The molecule has 7 nitrogen and oxygen atoms in total. The van der Waals surface area contributed by atoms with Gasteiger partial charge in [0.15, 0.2) is 0 Å². The standard InChI is InChI=1S/C22H19N5O2S/c1-15-14-30-21(24-15)13-27-22(29)18-10-6-5-9-17(18)19(26-27)11-20(28)25-23-12-16-7-3-2-4-8-16/h2-10,12,14H,11,13H2,1H3,(H,25,28)/b23-12+. The first-order valence-corrected chi connectivity index (χ1v) is 10.2. The Labute approximate surface area is 176 Å². The average Bonchev–Trinajstić information content (AvgIpc) is 3.17. The van der Waals surface area contributed by atoms with Gasteiger partial charge in [0.2, 0.25) is 5.91 Å². The Kier molecular flexibility index (Phi) is 5.76. The van der Waals surface area contributed by atoms with E-state index in [0.717, 1.165) is 16.3 Å². The van der Waals surface area contributed by atoms with E-state index in [1.54, 1.807) is 24.4 Å². The van der Waals surface area contributed by atoms with E-state index in [9.17, 15) is 9.59 Å². The molecule has 0 aliphatic carbocycles. The number of amides is 1. The molecular formula is C22H19N5O2S. The van der Waals surface area contributed by atoms with Crippen molar-refractivity contribution < 1.29 is 4.79 Å². The monoisotopic (exact) mass is 417 g/mol. The molecule has 30 heavy (non-hydrogen) atoms. The predicted octanol–water partition coefficient (Wildman–Crippen LogP) is 2.90. The summed E-state index contributed by atoms with van der Waals surface area (Å²) >= 11 is 1.48. The molecule has 2 aromatic carbocycles. The Balaban J connectivity index is 1.59. The van der Waals surface area contributed by atoms with Gasteiger partial charge in [0.05, 0.1) is 30.3 Å². The number of aryl methyl sites for hydroxylation is 1. The summed E-state index contributed by atoms with van der Waals surface area (Å²) in [6.07, 6.45) is 1.58. The predicted molar refractivity (Wildman–Crippen MR) is 118 cm³/mol. The van der Waals surface area contributed by atoms with E-state index in [0.29, 0.717) is 16.5 Å². The average molecular weight is 417 g/mol. The lowest BCUT2D eigenvalue weighted by Gasteiger charge is -2.09. The Morgan fingerprint density at radius 2 is 1.87 bits per heavy atom. The van der Waals surface area contributed by atoms with Crippen LogP contribution in [-0.4, -0.2) is 26.9 Å². The highest BCUT2D eigenvalue weighted by atomic mass is 32.1. The number of aromatic nitrogens is 3. The molecule has 0 fully saturated rings. The minimum absolute atomic E-state index is 0.00379. The summed E-state index contributed by atoms with van der Waals surface area (Å²) in [5, 5.41) is 12.4. The first kappa shape index (κ1) is 19.7. The van der Waals surface area contributed by atoms with Gasteiger partial charge in [-0.05, 0) is 18.6 Å². The number of fused-ring (bicyclic) bond motifs is 1. The highest BCUT2D eigenvalue weighted by Gasteiger charge is 2.14. The maximum atomic E-state index is 12.9. The zero-order chi connectivity index (χ0) is 20.9. The molecule has 4 rings (SSSR count). The number of thiazole rings is 1.